The molecule has 0 saturated heterocycles. The third-order valence-electron chi connectivity index (χ3n) is 3.63. The minimum absolute atomic E-state index is 0.0750. The lowest BCUT2D eigenvalue weighted by Gasteiger charge is -2.37. The van der Waals surface area contributed by atoms with Gasteiger partial charge in [-0.05, 0) is 55.7 Å². The third-order valence-corrected chi connectivity index (χ3v) is 4.62. The molecule has 4 heteroatoms. The Balaban J connectivity index is 1.98. The summed E-state index contributed by atoms with van der Waals surface area (Å²) in [7, 11) is 0. The largest absolute Gasteiger partial charge is 0.396 e. The molecule has 3 nitrogen and oxygen atoms in total. The summed E-state index contributed by atoms with van der Waals surface area (Å²) in [5, 5.41) is 11.0. The van der Waals surface area contributed by atoms with Crippen LogP contribution in [0.4, 0.5) is 0 Å². The molecule has 0 aliphatic heterocycles. The Kier molecular flexibility index (Phi) is 5.16. The maximum absolute atomic E-state index is 12.3. The molecule has 1 heterocycles. The lowest BCUT2D eigenvalue weighted by Crippen LogP contribution is -2.44. The van der Waals surface area contributed by atoms with Gasteiger partial charge >= 0.3 is 0 Å². The average Bonchev–Trinajstić information content (AvgIpc) is 2.74. The van der Waals surface area contributed by atoms with Crippen LogP contribution in [0.5, 0.6) is 0 Å². The maximum Gasteiger partial charge on any atom is 0.246 e. The van der Waals surface area contributed by atoms with Crippen molar-refractivity contribution in [2.45, 2.75) is 38.6 Å². The normalized spacial score (nSPS) is 15.7. The Morgan fingerprint density at radius 3 is 2.89 bits per heavy atom. The van der Waals surface area contributed by atoms with Gasteiger partial charge in [0, 0.05) is 30.1 Å². The molecule has 0 atom stereocenters. The molecule has 2 rings (SSSR count). The van der Waals surface area contributed by atoms with Crippen LogP contribution in [0.2, 0.25) is 0 Å². The molecule has 1 aromatic heterocycles. The van der Waals surface area contributed by atoms with E-state index in [-0.39, 0.29) is 12.5 Å². The van der Waals surface area contributed by atoms with E-state index in [4.69, 9.17) is 5.11 Å². The van der Waals surface area contributed by atoms with Gasteiger partial charge in [0.25, 0.3) is 0 Å². The van der Waals surface area contributed by atoms with Crippen LogP contribution in [0.25, 0.3) is 6.08 Å². The van der Waals surface area contributed by atoms with Crippen LogP contribution in [0.15, 0.2) is 17.5 Å². The molecule has 0 spiro atoms. The Morgan fingerprint density at radius 2 is 2.37 bits per heavy atom. The van der Waals surface area contributed by atoms with Crippen LogP contribution in [-0.2, 0) is 4.79 Å². The molecule has 1 aliphatic rings. The number of aryl methyl sites for hydroxylation is 1. The van der Waals surface area contributed by atoms with Crippen LogP contribution in [0.1, 0.15) is 36.1 Å². The first-order valence-corrected chi connectivity index (χ1v) is 7.74. The summed E-state index contributed by atoms with van der Waals surface area (Å²) in [6, 6.07) is 2.44. The molecule has 1 aromatic rings. The summed E-state index contributed by atoms with van der Waals surface area (Å²) >= 11 is 1.65. The zero-order valence-corrected chi connectivity index (χ0v) is 12.2. The van der Waals surface area contributed by atoms with Crippen LogP contribution in [0, 0.1) is 6.92 Å². The van der Waals surface area contributed by atoms with E-state index in [1.807, 2.05) is 16.4 Å². The molecule has 1 N–H and O–H groups in total. The minimum atomic E-state index is 0.0750. The standard InChI is InChI=1S/C15H21NO2S/c1-12-8-11-19-14(12)6-7-15(18)16(9-3-10-17)13-4-2-5-13/h6-8,11,13,17H,2-5,9-10H2,1H3/b7-6+. The van der Waals surface area contributed by atoms with Gasteiger partial charge in [-0.25, -0.2) is 0 Å². The van der Waals surface area contributed by atoms with Crippen molar-refractivity contribution in [3.05, 3.63) is 28.0 Å². The topological polar surface area (TPSA) is 40.5 Å². The number of carbonyl (C=O) groups is 1. The van der Waals surface area contributed by atoms with E-state index in [9.17, 15) is 4.79 Å². The molecule has 1 fully saturated rings. The third kappa shape index (κ3) is 3.67. The van der Waals surface area contributed by atoms with Crippen LogP contribution >= 0.6 is 11.3 Å². The molecule has 104 valence electrons. The second-order valence-corrected chi connectivity index (χ2v) is 5.94. The molecular weight excluding hydrogens is 258 g/mol. The number of nitrogens with zero attached hydrogens (tertiary/aromatic N) is 1. The first-order chi connectivity index (χ1) is 9.22. The van der Waals surface area contributed by atoms with Crippen molar-refractivity contribution in [1.29, 1.82) is 0 Å². The number of amides is 1. The smallest absolute Gasteiger partial charge is 0.246 e. The molecule has 1 amide bonds. The molecule has 19 heavy (non-hydrogen) atoms. The van der Waals surface area contributed by atoms with Gasteiger partial charge in [-0.2, -0.15) is 0 Å². The fourth-order valence-corrected chi connectivity index (χ4v) is 3.03. The number of hydrogen-bond acceptors (Lipinski definition) is 3. The number of carbonyl (C=O) groups excluding carboxylic acids is 1. The number of hydrogen-bond donors (Lipinski definition) is 1. The van der Waals surface area contributed by atoms with E-state index < -0.39 is 0 Å². The summed E-state index contributed by atoms with van der Waals surface area (Å²) in [5.74, 6) is 0.0750. The maximum atomic E-state index is 12.3. The molecule has 0 aromatic carbocycles. The predicted octanol–water partition coefficient (Wildman–Crippen LogP) is 2.83. The minimum Gasteiger partial charge on any atom is -0.396 e. The van der Waals surface area contributed by atoms with Crippen molar-refractivity contribution < 1.29 is 9.90 Å². The summed E-state index contributed by atoms with van der Waals surface area (Å²) in [6.45, 7) is 2.86. The highest BCUT2D eigenvalue weighted by Crippen LogP contribution is 2.25. The van der Waals surface area contributed by atoms with Crippen molar-refractivity contribution in [3.8, 4) is 0 Å². The van der Waals surface area contributed by atoms with E-state index in [0.717, 1.165) is 17.7 Å². The van der Waals surface area contributed by atoms with Gasteiger partial charge in [0.1, 0.15) is 0 Å². The van der Waals surface area contributed by atoms with Crippen molar-refractivity contribution >= 4 is 23.3 Å². The van der Waals surface area contributed by atoms with Gasteiger partial charge in [0.05, 0.1) is 0 Å². The van der Waals surface area contributed by atoms with E-state index in [2.05, 4.69) is 13.0 Å². The molecular formula is C15H21NO2S. The summed E-state index contributed by atoms with van der Waals surface area (Å²) in [4.78, 5) is 15.3. The van der Waals surface area contributed by atoms with Crippen molar-refractivity contribution in [3.63, 3.8) is 0 Å². The van der Waals surface area contributed by atoms with Crippen LogP contribution in [-0.4, -0.2) is 35.1 Å². The molecule has 0 radical (unpaired) electrons. The predicted molar refractivity (Wildman–Crippen MR) is 79.1 cm³/mol. The second kappa shape index (κ2) is 6.87. The molecule has 1 saturated carbocycles. The zero-order chi connectivity index (χ0) is 13.7. The number of aliphatic hydroxyl groups is 1. The first kappa shape index (κ1) is 14.3. The van der Waals surface area contributed by atoms with E-state index >= 15 is 0 Å². The summed E-state index contributed by atoms with van der Waals surface area (Å²) in [6.07, 6.45) is 7.66. The fraction of sp³-hybridized carbons (Fsp3) is 0.533. The Hall–Kier alpha value is -1.13. The van der Waals surface area contributed by atoms with Gasteiger partial charge in [0.15, 0.2) is 0 Å². The fourth-order valence-electron chi connectivity index (χ4n) is 2.21. The van der Waals surface area contributed by atoms with Gasteiger partial charge in [-0.3, -0.25) is 4.79 Å². The second-order valence-electron chi connectivity index (χ2n) is 4.99. The van der Waals surface area contributed by atoms with Crippen molar-refractivity contribution in [2.75, 3.05) is 13.2 Å². The monoisotopic (exact) mass is 279 g/mol. The van der Waals surface area contributed by atoms with E-state index in [1.165, 1.54) is 12.0 Å². The molecule has 1 aliphatic carbocycles. The van der Waals surface area contributed by atoms with E-state index in [1.54, 1.807) is 17.4 Å². The Bertz CT molecular complexity index is 449. The van der Waals surface area contributed by atoms with Gasteiger partial charge in [-0.15, -0.1) is 11.3 Å². The molecule has 0 unspecified atom stereocenters. The number of aliphatic hydroxyl groups excluding tert-OH is 1. The Morgan fingerprint density at radius 1 is 1.58 bits per heavy atom. The molecule has 0 bridgehead atoms. The number of rotatable bonds is 6. The Labute approximate surface area is 118 Å². The van der Waals surface area contributed by atoms with Gasteiger partial charge < -0.3 is 10.0 Å². The highest BCUT2D eigenvalue weighted by atomic mass is 32.1. The highest BCUT2D eigenvalue weighted by Gasteiger charge is 2.26. The lowest BCUT2D eigenvalue weighted by atomic mass is 9.91. The van der Waals surface area contributed by atoms with E-state index in [0.29, 0.717) is 19.0 Å². The summed E-state index contributed by atoms with van der Waals surface area (Å²) in [5.41, 5.74) is 1.21. The van der Waals surface area contributed by atoms with Gasteiger partial charge in [-0.1, -0.05) is 0 Å². The number of thiophene rings is 1. The zero-order valence-electron chi connectivity index (χ0n) is 11.3. The average molecular weight is 279 g/mol. The first-order valence-electron chi connectivity index (χ1n) is 6.86. The summed E-state index contributed by atoms with van der Waals surface area (Å²) < 4.78 is 0. The quantitative estimate of drug-likeness (QED) is 0.813. The van der Waals surface area contributed by atoms with Crippen LogP contribution in [0.3, 0.4) is 0 Å². The van der Waals surface area contributed by atoms with Crippen molar-refractivity contribution in [1.82, 2.24) is 4.90 Å². The highest BCUT2D eigenvalue weighted by molar-refractivity contribution is 7.11. The van der Waals surface area contributed by atoms with Crippen molar-refractivity contribution in [2.24, 2.45) is 0 Å². The van der Waals surface area contributed by atoms with Gasteiger partial charge in [0.2, 0.25) is 5.91 Å². The SMILES string of the molecule is Cc1ccsc1/C=C/C(=O)N(CCCO)C1CCC1. The lowest BCUT2D eigenvalue weighted by molar-refractivity contribution is -0.130. The van der Waals surface area contributed by atoms with Crippen LogP contribution < -0.4 is 0 Å².